The van der Waals surface area contributed by atoms with Gasteiger partial charge in [-0.25, -0.2) is 0 Å². The van der Waals surface area contributed by atoms with E-state index in [9.17, 15) is 14.7 Å². The molecule has 1 aromatic heterocycles. The third-order valence-electron chi connectivity index (χ3n) is 6.16. The minimum atomic E-state index is -0.656. The van der Waals surface area contributed by atoms with E-state index in [0.717, 1.165) is 24.3 Å². The Balaban J connectivity index is 1.76. The average Bonchev–Trinajstić information content (AvgIpc) is 3.18. The van der Waals surface area contributed by atoms with Gasteiger partial charge in [0.05, 0.1) is 36.1 Å². The zero-order chi connectivity index (χ0) is 22.1. The molecule has 1 amide bonds. The van der Waals surface area contributed by atoms with Crippen LogP contribution in [0.5, 0.6) is 0 Å². The second kappa shape index (κ2) is 8.64. The standard InChI is InChI=1S/C23H28N4O4/c1-15-18(16(2)25(3)24-15)21(28)19-20(17-7-5-4-6-8-17)27(23(30)22(19)29)10-9-26-11-13-31-14-12-26/h4-8,20,28H,9-14H2,1-3H3/b21-19+/t20-/m1/s1. The lowest BCUT2D eigenvalue weighted by Gasteiger charge is -2.31. The molecule has 31 heavy (non-hydrogen) atoms. The summed E-state index contributed by atoms with van der Waals surface area (Å²) in [6.07, 6.45) is 0. The van der Waals surface area contributed by atoms with Crippen molar-refractivity contribution in [2.75, 3.05) is 39.4 Å². The predicted molar refractivity (Wildman–Crippen MR) is 115 cm³/mol. The molecule has 0 saturated carbocycles. The molecule has 1 N–H and O–H groups in total. The van der Waals surface area contributed by atoms with E-state index < -0.39 is 17.7 Å². The Morgan fingerprint density at radius 3 is 2.42 bits per heavy atom. The number of aryl methyl sites for hydroxylation is 2. The number of hydrogen-bond donors (Lipinski definition) is 1. The van der Waals surface area contributed by atoms with Crippen molar-refractivity contribution in [2.24, 2.45) is 7.05 Å². The number of Topliss-reactive ketones (excluding diaryl/α,β-unsaturated/α-hetero) is 1. The zero-order valence-corrected chi connectivity index (χ0v) is 18.2. The summed E-state index contributed by atoms with van der Waals surface area (Å²) in [6.45, 7) is 7.59. The molecule has 0 bridgehead atoms. The maximum atomic E-state index is 13.1. The first kappa shape index (κ1) is 21.3. The van der Waals surface area contributed by atoms with Crippen LogP contribution in [0.2, 0.25) is 0 Å². The molecule has 1 atom stereocenters. The van der Waals surface area contributed by atoms with E-state index in [1.54, 1.807) is 23.6 Å². The third-order valence-corrected chi connectivity index (χ3v) is 6.16. The topological polar surface area (TPSA) is 87.9 Å². The number of nitrogens with zero attached hydrogens (tertiary/aromatic N) is 4. The number of morpholine rings is 1. The van der Waals surface area contributed by atoms with Crippen molar-refractivity contribution < 1.29 is 19.4 Å². The van der Waals surface area contributed by atoms with E-state index in [4.69, 9.17) is 4.74 Å². The molecule has 164 valence electrons. The van der Waals surface area contributed by atoms with Gasteiger partial charge in [-0.3, -0.25) is 19.2 Å². The molecule has 8 heteroatoms. The van der Waals surface area contributed by atoms with Gasteiger partial charge in [0.2, 0.25) is 0 Å². The first-order valence-electron chi connectivity index (χ1n) is 10.5. The van der Waals surface area contributed by atoms with Crippen LogP contribution in [-0.2, 0) is 21.4 Å². The van der Waals surface area contributed by atoms with Gasteiger partial charge < -0.3 is 14.7 Å². The Bertz CT molecular complexity index is 1020. The molecule has 2 aromatic rings. The Kier molecular flexibility index (Phi) is 5.93. The molecule has 2 aliphatic heterocycles. The minimum absolute atomic E-state index is 0.123. The highest BCUT2D eigenvalue weighted by Gasteiger charge is 2.46. The summed E-state index contributed by atoms with van der Waals surface area (Å²) in [5.74, 6) is -1.40. The van der Waals surface area contributed by atoms with Gasteiger partial charge in [0.25, 0.3) is 11.7 Å². The summed E-state index contributed by atoms with van der Waals surface area (Å²) in [5, 5.41) is 15.6. The highest BCUT2D eigenvalue weighted by molar-refractivity contribution is 6.46. The number of amides is 1. The Morgan fingerprint density at radius 1 is 1.13 bits per heavy atom. The summed E-state index contributed by atoms with van der Waals surface area (Å²) < 4.78 is 7.06. The number of benzene rings is 1. The van der Waals surface area contributed by atoms with E-state index in [1.807, 2.05) is 37.3 Å². The van der Waals surface area contributed by atoms with Gasteiger partial charge in [-0.05, 0) is 19.4 Å². The van der Waals surface area contributed by atoms with Crippen molar-refractivity contribution in [3.8, 4) is 0 Å². The molecule has 1 aromatic carbocycles. The number of aliphatic hydroxyl groups excluding tert-OH is 1. The summed E-state index contributed by atoms with van der Waals surface area (Å²) in [5.41, 5.74) is 2.78. The van der Waals surface area contributed by atoms with Crippen LogP contribution in [0.3, 0.4) is 0 Å². The Hall–Kier alpha value is -2.97. The molecule has 3 heterocycles. The smallest absolute Gasteiger partial charge is 0.295 e. The van der Waals surface area contributed by atoms with Crippen molar-refractivity contribution >= 4 is 17.4 Å². The van der Waals surface area contributed by atoms with Crippen LogP contribution >= 0.6 is 0 Å². The van der Waals surface area contributed by atoms with E-state index >= 15 is 0 Å². The number of carbonyl (C=O) groups is 2. The second-order valence-corrected chi connectivity index (χ2v) is 8.03. The SMILES string of the molecule is Cc1nn(C)c(C)c1/C(O)=C1\C(=O)C(=O)N(CCN2CCOCC2)[C@@H]1c1ccccc1. The van der Waals surface area contributed by atoms with E-state index in [0.29, 0.717) is 37.6 Å². The number of hydrogen-bond acceptors (Lipinski definition) is 6. The molecule has 0 spiro atoms. The van der Waals surface area contributed by atoms with Gasteiger partial charge in [-0.1, -0.05) is 30.3 Å². The van der Waals surface area contributed by atoms with E-state index in [2.05, 4.69) is 10.00 Å². The maximum absolute atomic E-state index is 13.1. The van der Waals surface area contributed by atoms with Gasteiger partial charge in [0.15, 0.2) is 0 Å². The van der Waals surface area contributed by atoms with E-state index in [1.165, 1.54) is 0 Å². The molecule has 2 saturated heterocycles. The van der Waals surface area contributed by atoms with E-state index in [-0.39, 0.29) is 11.3 Å². The number of ketones is 1. The molecule has 0 aliphatic carbocycles. The first-order valence-corrected chi connectivity index (χ1v) is 10.5. The molecule has 8 nitrogen and oxygen atoms in total. The number of carbonyl (C=O) groups excluding carboxylic acids is 2. The highest BCUT2D eigenvalue weighted by Crippen LogP contribution is 2.40. The molecule has 0 radical (unpaired) electrons. The lowest BCUT2D eigenvalue weighted by Crippen LogP contribution is -2.42. The zero-order valence-electron chi connectivity index (χ0n) is 18.2. The molecule has 4 rings (SSSR count). The predicted octanol–water partition coefficient (Wildman–Crippen LogP) is 1.79. The number of ether oxygens (including phenoxy) is 1. The van der Waals surface area contributed by atoms with Crippen molar-refractivity contribution in [3.63, 3.8) is 0 Å². The fourth-order valence-electron chi connectivity index (χ4n) is 4.42. The van der Waals surface area contributed by atoms with Gasteiger partial charge in [-0.15, -0.1) is 0 Å². The van der Waals surface area contributed by atoms with Gasteiger partial charge >= 0.3 is 0 Å². The monoisotopic (exact) mass is 424 g/mol. The molecule has 2 fully saturated rings. The molecular formula is C23H28N4O4. The van der Waals surface area contributed by atoms with Crippen molar-refractivity contribution in [1.82, 2.24) is 19.6 Å². The molecular weight excluding hydrogens is 396 g/mol. The number of aromatic nitrogens is 2. The summed E-state index contributed by atoms with van der Waals surface area (Å²) in [7, 11) is 1.79. The second-order valence-electron chi connectivity index (χ2n) is 8.03. The summed E-state index contributed by atoms with van der Waals surface area (Å²) >= 11 is 0. The van der Waals surface area contributed by atoms with Crippen LogP contribution in [-0.4, -0.2) is 75.8 Å². The average molecular weight is 425 g/mol. The van der Waals surface area contributed by atoms with Crippen molar-refractivity contribution in [1.29, 1.82) is 0 Å². The number of likely N-dealkylation sites (tertiary alicyclic amines) is 1. The normalized spacial score (nSPS) is 21.8. The van der Waals surface area contributed by atoms with Crippen LogP contribution in [0.1, 0.15) is 28.6 Å². The highest BCUT2D eigenvalue weighted by atomic mass is 16.5. The van der Waals surface area contributed by atoms with Gasteiger partial charge in [-0.2, -0.15) is 5.10 Å². The molecule has 2 aliphatic rings. The van der Waals surface area contributed by atoms with Crippen LogP contribution in [0.15, 0.2) is 35.9 Å². The summed E-state index contributed by atoms with van der Waals surface area (Å²) in [4.78, 5) is 30.0. The number of aliphatic hydroxyl groups is 1. The largest absolute Gasteiger partial charge is 0.507 e. The Morgan fingerprint density at radius 2 is 1.81 bits per heavy atom. The Labute approximate surface area is 181 Å². The lowest BCUT2D eigenvalue weighted by atomic mass is 9.95. The fraction of sp³-hybridized carbons (Fsp3) is 0.435. The minimum Gasteiger partial charge on any atom is -0.507 e. The quantitative estimate of drug-likeness (QED) is 0.447. The third kappa shape index (κ3) is 3.88. The molecule has 0 unspecified atom stereocenters. The number of rotatable bonds is 5. The van der Waals surface area contributed by atoms with Crippen LogP contribution < -0.4 is 0 Å². The van der Waals surface area contributed by atoms with Crippen molar-refractivity contribution in [2.45, 2.75) is 19.9 Å². The lowest BCUT2D eigenvalue weighted by molar-refractivity contribution is -0.140. The van der Waals surface area contributed by atoms with Crippen LogP contribution in [0, 0.1) is 13.8 Å². The van der Waals surface area contributed by atoms with Gasteiger partial charge in [0.1, 0.15) is 5.76 Å². The van der Waals surface area contributed by atoms with Crippen LogP contribution in [0.25, 0.3) is 5.76 Å². The van der Waals surface area contributed by atoms with Crippen molar-refractivity contribution in [3.05, 3.63) is 58.4 Å². The van der Waals surface area contributed by atoms with Crippen LogP contribution in [0.4, 0.5) is 0 Å². The summed E-state index contributed by atoms with van der Waals surface area (Å²) in [6, 6.07) is 8.76. The van der Waals surface area contributed by atoms with Gasteiger partial charge in [0, 0.05) is 38.9 Å². The maximum Gasteiger partial charge on any atom is 0.295 e. The first-order chi connectivity index (χ1) is 14.9. The fourth-order valence-corrected chi connectivity index (χ4v) is 4.42.